The number of carbonyl (C=O) groups is 1. The van der Waals surface area contributed by atoms with Gasteiger partial charge in [-0.1, -0.05) is 12.1 Å². The Morgan fingerprint density at radius 1 is 1.13 bits per heavy atom. The van der Waals surface area contributed by atoms with E-state index in [0.29, 0.717) is 18.2 Å². The summed E-state index contributed by atoms with van der Waals surface area (Å²) in [7, 11) is 1.65. The first-order valence-electron chi connectivity index (χ1n) is 9.96. The topological polar surface area (TPSA) is 55.3 Å². The lowest BCUT2D eigenvalue weighted by Gasteiger charge is -2.31. The lowest BCUT2D eigenvalue weighted by Crippen LogP contribution is -2.39. The first-order chi connectivity index (χ1) is 14.7. The summed E-state index contributed by atoms with van der Waals surface area (Å²) in [5, 5.41) is 3.84. The van der Waals surface area contributed by atoms with Crippen molar-refractivity contribution >= 4 is 38.8 Å². The molecule has 2 aromatic carbocycles. The van der Waals surface area contributed by atoms with Gasteiger partial charge in [0.25, 0.3) is 5.91 Å². The number of piperidine rings is 1. The van der Waals surface area contributed by atoms with Gasteiger partial charge in [0.2, 0.25) is 0 Å². The van der Waals surface area contributed by atoms with Crippen LogP contribution in [0.4, 0.5) is 0 Å². The molecule has 0 bridgehead atoms. The Morgan fingerprint density at radius 2 is 1.97 bits per heavy atom. The van der Waals surface area contributed by atoms with E-state index in [0.717, 1.165) is 46.2 Å². The Kier molecular flexibility index (Phi) is 5.23. The second-order valence-electron chi connectivity index (χ2n) is 7.38. The van der Waals surface area contributed by atoms with E-state index < -0.39 is 0 Å². The van der Waals surface area contributed by atoms with Crippen molar-refractivity contribution in [2.75, 3.05) is 20.2 Å². The molecule has 0 radical (unpaired) electrons. The van der Waals surface area contributed by atoms with Crippen LogP contribution in [-0.2, 0) is 0 Å². The van der Waals surface area contributed by atoms with Crippen molar-refractivity contribution in [2.24, 2.45) is 0 Å². The normalized spacial score (nSPS) is 16.7. The van der Waals surface area contributed by atoms with Crippen LogP contribution >= 0.6 is 22.7 Å². The molecule has 7 heteroatoms. The summed E-state index contributed by atoms with van der Waals surface area (Å²) in [4.78, 5) is 24.5. The SMILES string of the molecule is COc1ccc(-c2nc(C(=O)N3CCC[C@H](c4nc5ccccc5s4)C3)cs2)cc1. The van der Waals surface area contributed by atoms with Gasteiger partial charge in [-0.15, -0.1) is 22.7 Å². The standard InChI is InChI=1S/C23H21N3O2S2/c1-28-17-10-8-15(9-11-17)21-25-19(14-29-21)23(27)26-12-4-5-16(13-26)22-24-18-6-2-3-7-20(18)30-22/h2-3,6-11,14,16H,4-5,12-13H2,1H3/t16-/m0/s1. The molecule has 30 heavy (non-hydrogen) atoms. The van der Waals surface area contributed by atoms with Crippen molar-refractivity contribution in [1.29, 1.82) is 0 Å². The van der Waals surface area contributed by atoms with Crippen molar-refractivity contribution in [3.8, 4) is 16.3 Å². The molecule has 1 aliphatic rings. The number of fused-ring (bicyclic) bond motifs is 1. The third-order valence-electron chi connectivity index (χ3n) is 5.43. The van der Waals surface area contributed by atoms with Gasteiger partial charge >= 0.3 is 0 Å². The largest absolute Gasteiger partial charge is 0.497 e. The monoisotopic (exact) mass is 435 g/mol. The van der Waals surface area contributed by atoms with E-state index in [2.05, 4.69) is 17.1 Å². The summed E-state index contributed by atoms with van der Waals surface area (Å²) in [6.07, 6.45) is 2.06. The number of carbonyl (C=O) groups excluding carboxylic acids is 1. The van der Waals surface area contributed by atoms with Gasteiger partial charge in [0.05, 0.1) is 22.3 Å². The van der Waals surface area contributed by atoms with Gasteiger partial charge in [-0.05, 0) is 49.2 Å². The van der Waals surface area contributed by atoms with Gasteiger partial charge in [-0.3, -0.25) is 4.79 Å². The highest BCUT2D eigenvalue weighted by atomic mass is 32.1. The minimum absolute atomic E-state index is 0.0109. The maximum absolute atomic E-state index is 13.1. The fraction of sp³-hybridized carbons (Fsp3) is 0.261. The number of amides is 1. The number of likely N-dealkylation sites (tertiary alicyclic amines) is 1. The maximum atomic E-state index is 13.1. The molecule has 1 saturated heterocycles. The molecule has 1 aliphatic heterocycles. The van der Waals surface area contributed by atoms with E-state index in [1.165, 1.54) is 16.0 Å². The number of para-hydroxylation sites is 1. The summed E-state index contributed by atoms with van der Waals surface area (Å²) in [6.45, 7) is 1.48. The van der Waals surface area contributed by atoms with Crippen molar-refractivity contribution in [3.05, 3.63) is 64.6 Å². The molecule has 1 atom stereocenters. The number of hydrogen-bond donors (Lipinski definition) is 0. The quantitative estimate of drug-likeness (QED) is 0.428. The van der Waals surface area contributed by atoms with Gasteiger partial charge in [-0.25, -0.2) is 9.97 Å². The zero-order valence-electron chi connectivity index (χ0n) is 16.6. The number of benzene rings is 2. The molecule has 0 saturated carbocycles. The van der Waals surface area contributed by atoms with Gasteiger partial charge in [0.1, 0.15) is 16.5 Å². The van der Waals surface area contributed by atoms with Crippen LogP contribution in [0.15, 0.2) is 53.9 Å². The van der Waals surface area contributed by atoms with Crippen LogP contribution in [0, 0.1) is 0 Å². The van der Waals surface area contributed by atoms with Crippen LogP contribution in [-0.4, -0.2) is 41.0 Å². The van der Waals surface area contributed by atoms with Gasteiger partial charge < -0.3 is 9.64 Å². The van der Waals surface area contributed by atoms with E-state index in [1.807, 2.05) is 46.7 Å². The zero-order chi connectivity index (χ0) is 20.5. The van der Waals surface area contributed by atoms with Gasteiger partial charge in [0.15, 0.2) is 0 Å². The van der Waals surface area contributed by atoms with E-state index in [4.69, 9.17) is 9.72 Å². The fourth-order valence-corrected chi connectivity index (χ4v) is 5.72. The van der Waals surface area contributed by atoms with Crippen molar-refractivity contribution < 1.29 is 9.53 Å². The van der Waals surface area contributed by atoms with Crippen molar-refractivity contribution in [2.45, 2.75) is 18.8 Å². The molecule has 3 heterocycles. The third kappa shape index (κ3) is 3.70. The Labute approximate surface area is 183 Å². The van der Waals surface area contributed by atoms with E-state index in [9.17, 15) is 4.79 Å². The average molecular weight is 436 g/mol. The van der Waals surface area contributed by atoms with E-state index in [1.54, 1.807) is 18.4 Å². The zero-order valence-corrected chi connectivity index (χ0v) is 18.2. The fourth-order valence-electron chi connectivity index (χ4n) is 3.83. The molecular weight excluding hydrogens is 414 g/mol. The smallest absolute Gasteiger partial charge is 0.273 e. The predicted octanol–water partition coefficient (Wildman–Crippen LogP) is 5.45. The lowest BCUT2D eigenvalue weighted by molar-refractivity contribution is 0.0702. The van der Waals surface area contributed by atoms with Crippen LogP contribution in [0.1, 0.15) is 34.3 Å². The van der Waals surface area contributed by atoms with Crippen LogP contribution < -0.4 is 4.74 Å². The molecule has 1 amide bonds. The average Bonchev–Trinajstić information content (AvgIpc) is 3.46. The lowest BCUT2D eigenvalue weighted by atomic mass is 9.98. The van der Waals surface area contributed by atoms with Crippen LogP contribution in [0.3, 0.4) is 0 Å². The van der Waals surface area contributed by atoms with E-state index in [-0.39, 0.29) is 5.91 Å². The molecule has 0 aliphatic carbocycles. The summed E-state index contributed by atoms with van der Waals surface area (Å²) in [5.41, 5.74) is 2.56. The van der Waals surface area contributed by atoms with Crippen LogP contribution in [0.25, 0.3) is 20.8 Å². The summed E-state index contributed by atoms with van der Waals surface area (Å²) in [6, 6.07) is 16.0. The minimum Gasteiger partial charge on any atom is -0.497 e. The Bertz CT molecular complexity index is 1150. The van der Waals surface area contributed by atoms with Crippen LogP contribution in [0.5, 0.6) is 5.75 Å². The summed E-state index contributed by atoms with van der Waals surface area (Å²) < 4.78 is 6.42. The third-order valence-corrected chi connectivity index (χ3v) is 7.52. The molecule has 2 aromatic heterocycles. The van der Waals surface area contributed by atoms with Crippen molar-refractivity contribution in [1.82, 2.24) is 14.9 Å². The Hall–Kier alpha value is -2.77. The molecule has 0 spiro atoms. The molecule has 1 fully saturated rings. The summed E-state index contributed by atoms with van der Waals surface area (Å²) >= 11 is 3.24. The molecule has 4 aromatic rings. The highest BCUT2D eigenvalue weighted by Crippen LogP contribution is 2.34. The molecular formula is C23H21N3O2S2. The molecule has 5 nitrogen and oxygen atoms in total. The summed E-state index contributed by atoms with van der Waals surface area (Å²) in [5.74, 6) is 1.11. The van der Waals surface area contributed by atoms with Crippen LogP contribution in [0.2, 0.25) is 0 Å². The number of ether oxygens (including phenoxy) is 1. The number of methoxy groups -OCH3 is 1. The Morgan fingerprint density at radius 3 is 2.77 bits per heavy atom. The number of thiazole rings is 2. The predicted molar refractivity (Wildman–Crippen MR) is 122 cm³/mol. The first-order valence-corrected chi connectivity index (χ1v) is 11.7. The van der Waals surface area contributed by atoms with Gasteiger partial charge in [0, 0.05) is 30.0 Å². The number of rotatable bonds is 4. The second kappa shape index (κ2) is 8.16. The first kappa shape index (κ1) is 19.2. The second-order valence-corrected chi connectivity index (χ2v) is 9.30. The Balaban J connectivity index is 1.32. The molecule has 5 rings (SSSR count). The number of nitrogens with zero attached hydrogens (tertiary/aromatic N) is 3. The minimum atomic E-state index is 0.0109. The van der Waals surface area contributed by atoms with Gasteiger partial charge in [-0.2, -0.15) is 0 Å². The highest BCUT2D eigenvalue weighted by molar-refractivity contribution is 7.18. The van der Waals surface area contributed by atoms with Crippen molar-refractivity contribution in [3.63, 3.8) is 0 Å². The molecule has 0 N–H and O–H groups in total. The number of aromatic nitrogens is 2. The molecule has 152 valence electrons. The highest BCUT2D eigenvalue weighted by Gasteiger charge is 2.28. The molecule has 0 unspecified atom stereocenters. The number of hydrogen-bond acceptors (Lipinski definition) is 6. The maximum Gasteiger partial charge on any atom is 0.273 e. The van der Waals surface area contributed by atoms with E-state index >= 15 is 0 Å².